The molecule has 10 heteroatoms. The fourth-order valence-corrected chi connectivity index (χ4v) is 5.45. The predicted octanol–water partition coefficient (Wildman–Crippen LogP) is 3.52. The van der Waals surface area contributed by atoms with Crippen molar-refractivity contribution in [2.45, 2.75) is 68.5 Å². The summed E-state index contributed by atoms with van der Waals surface area (Å²) >= 11 is 6.18. The van der Waals surface area contributed by atoms with E-state index in [0.717, 1.165) is 22.8 Å². The van der Waals surface area contributed by atoms with Crippen LogP contribution in [0.2, 0.25) is 5.15 Å². The van der Waals surface area contributed by atoms with Crippen molar-refractivity contribution in [2.24, 2.45) is 5.14 Å². The van der Waals surface area contributed by atoms with Crippen molar-refractivity contribution < 1.29 is 17.4 Å². The molecule has 30 heavy (non-hydrogen) atoms. The highest BCUT2D eigenvalue weighted by Gasteiger charge is 2.38. The zero-order chi connectivity index (χ0) is 22.3. The fraction of sp³-hybridized carbons (Fsp3) is 0.600. The van der Waals surface area contributed by atoms with Crippen LogP contribution >= 0.6 is 11.6 Å². The maximum atomic E-state index is 12.0. The van der Waals surface area contributed by atoms with Crippen LogP contribution in [-0.4, -0.2) is 45.0 Å². The largest absolute Gasteiger partial charge is 0.474 e. The molecular formula is C20H28ClN3O4S2. The molecule has 2 aromatic rings. The summed E-state index contributed by atoms with van der Waals surface area (Å²) in [6.45, 7) is 5.85. The standard InChI is InChI=1S/C20H28ClN3O4S2/c1-5-12(9-20(2,3)29(22)25)16-10-24-19(17-11-23-18(21)8-15(16)17)28-13-6-14(7-13)30(4,26)27/h8,10-14H,5-7,9,22H2,1-4H3/t12-,13?,14?,29?/m1/s1. The molecule has 2 aromatic heterocycles. The molecule has 1 saturated carbocycles. The molecule has 0 aromatic carbocycles. The number of ether oxygens (including phenoxy) is 1. The highest BCUT2D eigenvalue weighted by molar-refractivity contribution is 7.91. The molecule has 0 spiro atoms. The summed E-state index contributed by atoms with van der Waals surface area (Å²) in [6.07, 6.45) is 6.82. The highest BCUT2D eigenvalue weighted by Crippen LogP contribution is 2.39. The molecule has 1 unspecified atom stereocenters. The summed E-state index contributed by atoms with van der Waals surface area (Å²) in [5, 5.41) is 7.30. The van der Waals surface area contributed by atoms with Gasteiger partial charge in [-0.15, -0.1) is 0 Å². The Morgan fingerprint density at radius 3 is 2.53 bits per heavy atom. The van der Waals surface area contributed by atoms with Crippen LogP contribution in [0.15, 0.2) is 18.5 Å². The van der Waals surface area contributed by atoms with Gasteiger partial charge < -0.3 is 4.74 Å². The zero-order valence-electron chi connectivity index (χ0n) is 17.6. The maximum Gasteiger partial charge on any atom is 0.223 e. The predicted molar refractivity (Wildman–Crippen MR) is 121 cm³/mol. The Hall–Kier alpha value is -1.29. The van der Waals surface area contributed by atoms with Crippen LogP contribution in [0.3, 0.4) is 0 Å². The zero-order valence-corrected chi connectivity index (χ0v) is 20.0. The summed E-state index contributed by atoms with van der Waals surface area (Å²) < 4.78 is 40.7. The fourth-order valence-electron chi connectivity index (χ4n) is 3.80. The van der Waals surface area contributed by atoms with Crippen LogP contribution < -0.4 is 9.88 Å². The normalized spacial score (nSPS) is 21.8. The summed E-state index contributed by atoms with van der Waals surface area (Å²) in [6, 6.07) is 1.79. The molecule has 1 aliphatic rings. The lowest BCUT2D eigenvalue weighted by atomic mass is 9.86. The van der Waals surface area contributed by atoms with E-state index < -0.39 is 25.6 Å². The van der Waals surface area contributed by atoms with Gasteiger partial charge in [0.25, 0.3) is 0 Å². The number of aromatic nitrogens is 2. The minimum Gasteiger partial charge on any atom is -0.474 e. The van der Waals surface area contributed by atoms with Crippen LogP contribution in [-0.2, 0) is 20.8 Å². The van der Waals surface area contributed by atoms with Gasteiger partial charge in [0.1, 0.15) is 11.3 Å². The first kappa shape index (κ1) is 23.4. The Morgan fingerprint density at radius 1 is 1.30 bits per heavy atom. The molecule has 2 N–H and O–H groups in total. The number of pyridine rings is 2. The maximum absolute atomic E-state index is 12.0. The third kappa shape index (κ3) is 4.95. The quantitative estimate of drug-likeness (QED) is 0.587. The average molecular weight is 474 g/mol. The lowest BCUT2D eigenvalue weighted by Gasteiger charge is -2.34. The highest BCUT2D eigenvalue weighted by atomic mass is 35.5. The van der Waals surface area contributed by atoms with Gasteiger partial charge in [0.05, 0.1) is 26.4 Å². The summed E-state index contributed by atoms with van der Waals surface area (Å²) in [5.74, 6) is 0.500. The molecular weight excluding hydrogens is 446 g/mol. The molecule has 2 atom stereocenters. The molecule has 7 nitrogen and oxygen atoms in total. The van der Waals surface area contributed by atoms with Crippen LogP contribution in [0, 0.1) is 0 Å². The van der Waals surface area contributed by atoms with Gasteiger partial charge in [0.2, 0.25) is 5.88 Å². The van der Waals surface area contributed by atoms with Gasteiger partial charge in [-0.05, 0) is 49.6 Å². The van der Waals surface area contributed by atoms with Crippen molar-refractivity contribution in [2.75, 3.05) is 6.26 Å². The number of nitrogens with two attached hydrogens (primary N) is 1. The number of sulfone groups is 1. The van der Waals surface area contributed by atoms with E-state index in [1.54, 1.807) is 18.5 Å². The second kappa shape index (κ2) is 8.68. The number of hydrogen-bond acceptors (Lipinski definition) is 6. The first-order valence-electron chi connectivity index (χ1n) is 9.88. The van der Waals surface area contributed by atoms with Gasteiger partial charge in [-0.3, -0.25) is 5.14 Å². The summed E-state index contributed by atoms with van der Waals surface area (Å²) in [4.78, 5) is 8.71. The minimum atomic E-state index is -3.05. The van der Waals surface area contributed by atoms with E-state index in [-0.39, 0.29) is 17.3 Å². The molecule has 1 fully saturated rings. The van der Waals surface area contributed by atoms with Crippen LogP contribution in [0.25, 0.3) is 10.8 Å². The van der Waals surface area contributed by atoms with Crippen molar-refractivity contribution in [3.63, 3.8) is 0 Å². The van der Waals surface area contributed by atoms with Crippen LogP contribution in [0.5, 0.6) is 5.88 Å². The number of hydrogen-bond donors (Lipinski definition) is 1. The molecule has 0 amide bonds. The molecule has 3 rings (SSSR count). The Bertz CT molecular complexity index is 1070. The molecule has 0 bridgehead atoms. The third-order valence-electron chi connectivity index (χ3n) is 5.88. The Morgan fingerprint density at radius 2 is 1.97 bits per heavy atom. The SMILES string of the molecule is CC[C@H](CC(C)(C)S(N)=O)c1cnc(OC2CC(S(C)(=O)=O)C2)c2cnc(Cl)cc12. The summed E-state index contributed by atoms with van der Waals surface area (Å²) in [5.41, 5.74) is 0.977. The molecule has 0 radical (unpaired) electrons. The van der Waals surface area contributed by atoms with E-state index in [1.165, 1.54) is 6.26 Å². The van der Waals surface area contributed by atoms with E-state index >= 15 is 0 Å². The monoisotopic (exact) mass is 473 g/mol. The van der Waals surface area contributed by atoms with Crippen molar-refractivity contribution in [1.82, 2.24) is 9.97 Å². The van der Waals surface area contributed by atoms with Gasteiger partial charge >= 0.3 is 0 Å². The van der Waals surface area contributed by atoms with E-state index in [2.05, 4.69) is 16.9 Å². The van der Waals surface area contributed by atoms with Gasteiger partial charge in [-0.25, -0.2) is 22.6 Å². The van der Waals surface area contributed by atoms with Crippen molar-refractivity contribution in [3.8, 4) is 5.88 Å². The number of nitrogens with zero attached hydrogens (tertiary/aromatic N) is 2. The van der Waals surface area contributed by atoms with Crippen molar-refractivity contribution in [3.05, 3.63) is 29.2 Å². The number of fused-ring (bicyclic) bond motifs is 1. The van der Waals surface area contributed by atoms with Gasteiger partial charge in [-0.2, -0.15) is 0 Å². The van der Waals surface area contributed by atoms with Gasteiger partial charge in [0.15, 0.2) is 9.84 Å². The topological polar surface area (TPSA) is 112 Å². The molecule has 2 heterocycles. The Kier molecular flexibility index (Phi) is 6.77. The summed E-state index contributed by atoms with van der Waals surface area (Å²) in [7, 11) is -4.51. The number of rotatable bonds is 8. The van der Waals surface area contributed by atoms with Crippen LogP contribution in [0.4, 0.5) is 0 Å². The second-order valence-electron chi connectivity index (χ2n) is 8.60. The van der Waals surface area contributed by atoms with Crippen molar-refractivity contribution >= 4 is 43.2 Å². The van der Waals surface area contributed by atoms with Crippen LogP contribution in [0.1, 0.15) is 57.9 Å². The number of halogens is 1. The molecule has 1 aliphatic carbocycles. The van der Waals surface area contributed by atoms with E-state index in [9.17, 15) is 12.6 Å². The lowest BCUT2D eigenvalue weighted by molar-refractivity contribution is 0.119. The van der Waals surface area contributed by atoms with Gasteiger partial charge in [0, 0.05) is 31.5 Å². The Labute approximate surface area is 185 Å². The molecule has 0 saturated heterocycles. The van der Waals surface area contributed by atoms with E-state index in [1.807, 2.05) is 13.8 Å². The Balaban J connectivity index is 1.93. The molecule has 0 aliphatic heterocycles. The van der Waals surface area contributed by atoms with Gasteiger partial charge in [-0.1, -0.05) is 18.5 Å². The lowest BCUT2D eigenvalue weighted by Crippen LogP contribution is -2.42. The molecule has 166 valence electrons. The third-order valence-corrected chi connectivity index (χ3v) is 8.94. The van der Waals surface area contributed by atoms with Crippen molar-refractivity contribution in [1.29, 1.82) is 0 Å². The van der Waals surface area contributed by atoms with E-state index in [0.29, 0.717) is 30.3 Å². The first-order valence-corrected chi connectivity index (χ1v) is 13.4. The minimum absolute atomic E-state index is 0.0772. The first-order chi connectivity index (χ1) is 13.9. The van der Waals surface area contributed by atoms with E-state index in [4.69, 9.17) is 21.5 Å². The smallest absolute Gasteiger partial charge is 0.223 e. The average Bonchev–Trinajstić information content (AvgIpc) is 2.61. The second-order valence-corrected chi connectivity index (χ2v) is 13.0.